The zero-order valence-electron chi connectivity index (χ0n) is 9.10. The van der Waals surface area contributed by atoms with E-state index in [-0.39, 0.29) is 0 Å². The second kappa shape index (κ2) is 2.87. The topological polar surface area (TPSA) is 0 Å². The number of allylic oxidation sites excluding steroid dienone is 1. The lowest BCUT2D eigenvalue weighted by Gasteiger charge is -2.54. The van der Waals surface area contributed by atoms with E-state index in [1.165, 1.54) is 38.5 Å². The van der Waals surface area contributed by atoms with Gasteiger partial charge in [0.2, 0.25) is 0 Å². The van der Waals surface area contributed by atoms with E-state index in [0.29, 0.717) is 10.8 Å². The Kier molecular flexibility index (Phi) is 2.05. The molecule has 0 nitrogen and oxygen atoms in total. The molecule has 0 spiro atoms. The second-order valence-corrected chi connectivity index (χ2v) is 5.58. The lowest BCUT2D eigenvalue weighted by Crippen LogP contribution is -2.43. The molecule has 13 heavy (non-hydrogen) atoms. The van der Waals surface area contributed by atoms with Gasteiger partial charge in [0.05, 0.1) is 0 Å². The van der Waals surface area contributed by atoms with Crippen molar-refractivity contribution in [3.8, 4) is 0 Å². The molecule has 0 saturated heterocycles. The van der Waals surface area contributed by atoms with Crippen molar-refractivity contribution < 1.29 is 0 Å². The maximum Gasteiger partial charge on any atom is -0.0120 e. The van der Waals surface area contributed by atoms with Gasteiger partial charge in [-0.3, -0.25) is 0 Å². The van der Waals surface area contributed by atoms with Gasteiger partial charge < -0.3 is 0 Å². The first-order valence-corrected chi connectivity index (χ1v) is 5.76. The molecule has 0 heteroatoms. The van der Waals surface area contributed by atoms with Crippen LogP contribution in [0.3, 0.4) is 0 Å². The Labute approximate surface area is 82.4 Å². The molecule has 0 radical (unpaired) electrons. The molecule has 0 heterocycles. The highest BCUT2D eigenvalue weighted by molar-refractivity contribution is 5.07. The molecule has 0 aromatic rings. The van der Waals surface area contributed by atoms with Gasteiger partial charge in [-0.25, -0.2) is 0 Å². The van der Waals surface area contributed by atoms with Crippen LogP contribution in [0.2, 0.25) is 0 Å². The molecule has 3 aliphatic carbocycles. The third kappa shape index (κ3) is 1.26. The average Bonchev–Trinajstić information content (AvgIpc) is 2.20. The third-order valence-corrected chi connectivity index (χ3v) is 5.02. The van der Waals surface area contributed by atoms with E-state index in [0.717, 1.165) is 5.92 Å². The summed E-state index contributed by atoms with van der Waals surface area (Å²) in [7, 11) is 0. The van der Waals surface area contributed by atoms with Crippen molar-refractivity contribution in [1.29, 1.82) is 0 Å². The first-order chi connectivity index (χ1) is 6.13. The molecular weight excluding hydrogens is 156 g/mol. The summed E-state index contributed by atoms with van der Waals surface area (Å²) in [6.07, 6.45) is 10.8. The predicted octanol–water partition coefficient (Wildman–Crippen LogP) is 4.17. The maximum atomic E-state index is 4.02. The Balaban J connectivity index is 2.15. The van der Waals surface area contributed by atoms with Crippen molar-refractivity contribution in [2.45, 2.75) is 52.4 Å². The van der Waals surface area contributed by atoms with Crippen LogP contribution in [-0.2, 0) is 0 Å². The van der Waals surface area contributed by atoms with Gasteiger partial charge in [-0.1, -0.05) is 19.9 Å². The maximum absolute atomic E-state index is 4.02. The van der Waals surface area contributed by atoms with E-state index in [9.17, 15) is 0 Å². The lowest BCUT2D eigenvalue weighted by atomic mass is 9.51. The summed E-state index contributed by atoms with van der Waals surface area (Å²) in [4.78, 5) is 0. The largest absolute Gasteiger partial charge is 0.103 e. The summed E-state index contributed by atoms with van der Waals surface area (Å²) in [5.41, 5.74) is 1.27. The molecule has 0 aromatic heterocycles. The monoisotopic (exact) mass is 178 g/mol. The summed E-state index contributed by atoms with van der Waals surface area (Å²) in [6.45, 7) is 8.84. The number of hydrogen-bond donors (Lipinski definition) is 0. The Morgan fingerprint density at radius 1 is 1.00 bits per heavy atom. The summed E-state index contributed by atoms with van der Waals surface area (Å²) < 4.78 is 0. The zero-order valence-corrected chi connectivity index (χ0v) is 9.10. The summed E-state index contributed by atoms with van der Waals surface area (Å²) in [5, 5.41) is 0. The van der Waals surface area contributed by atoms with Gasteiger partial charge >= 0.3 is 0 Å². The minimum Gasteiger partial charge on any atom is -0.103 e. The normalized spacial score (nSPS) is 43.9. The summed E-state index contributed by atoms with van der Waals surface area (Å²) in [5.74, 6) is 0.885. The van der Waals surface area contributed by atoms with Crippen LogP contribution in [-0.4, -0.2) is 0 Å². The van der Waals surface area contributed by atoms with Crippen molar-refractivity contribution in [1.82, 2.24) is 0 Å². The van der Waals surface area contributed by atoms with Gasteiger partial charge in [0, 0.05) is 0 Å². The molecular formula is C13H22. The highest BCUT2D eigenvalue weighted by Crippen LogP contribution is 2.60. The number of hydrogen-bond acceptors (Lipinski definition) is 0. The molecule has 0 aliphatic heterocycles. The molecule has 0 amide bonds. The smallest absolute Gasteiger partial charge is 0.0120 e. The Morgan fingerprint density at radius 3 is 1.77 bits per heavy atom. The molecule has 74 valence electrons. The van der Waals surface area contributed by atoms with Gasteiger partial charge in [0.15, 0.2) is 0 Å². The molecule has 3 fully saturated rings. The quantitative estimate of drug-likeness (QED) is 0.557. The molecule has 0 atom stereocenters. The van der Waals surface area contributed by atoms with Gasteiger partial charge in [0.25, 0.3) is 0 Å². The van der Waals surface area contributed by atoms with Crippen LogP contribution in [0.1, 0.15) is 52.4 Å². The molecule has 3 saturated carbocycles. The highest BCUT2D eigenvalue weighted by atomic mass is 14.5. The van der Waals surface area contributed by atoms with Crippen molar-refractivity contribution in [2.24, 2.45) is 16.7 Å². The minimum atomic E-state index is 0.552. The van der Waals surface area contributed by atoms with E-state index in [1.54, 1.807) is 0 Å². The zero-order chi connectivity index (χ0) is 9.53. The van der Waals surface area contributed by atoms with Crippen molar-refractivity contribution in [3.05, 3.63) is 12.7 Å². The fourth-order valence-corrected chi connectivity index (χ4v) is 3.42. The standard InChI is InChI=1S/C13H22/c1-4-12-5-8-13(9-6-12,10-7-12)11(2)3/h4,11H,1,5-10H2,2-3H3. The van der Waals surface area contributed by atoms with E-state index in [2.05, 4.69) is 26.5 Å². The summed E-state index contributed by atoms with van der Waals surface area (Å²) in [6, 6.07) is 0. The first kappa shape index (κ1) is 9.30. The number of rotatable bonds is 2. The molecule has 0 N–H and O–H groups in total. The Hall–Kier alpha value is -0.260. The molecule has 3 aliphatic rings. The molecule has 2 bridgehead atoms. The van der Waals surface area contributed by atoms with Gasteiger partial charge in [-0.05, 0) is 55.3 Å². The Morgan fingerprint density at radius 2 is 1.46 bits per heavy atom. The van der Waals surface area contributed by atoms with E-state index in [4.69, 9.17) is 0 Å². The van der Waals surface area contributed by atoms with E-state index >= 15 is 0 Å². The van der Waals surface area contributed by atoms with Gasteiger partial charge in [0.1, 0.15) is 0 Å². The molecule has 0 aromatic carbocycles. The van der Waals surface area contributed by atoms with Gasteiger partial charge in [-0.2, -0.15) is 0 Å². The van der Waals surface area contributed by atoms with Crippen molar-refractivity contribution in [2.75, 3.05) is 0 Å². The third-order valence-electron chi connectivity index (χ3n) is 5.02. The van der Waals surface area contributed by atoms with E-state index < -0.39 is 0 Å². The first-order valence-electron chi connectivity index (χ1n) is 5.76. The number of fused-ring (bicyclic) bond motifs is 3. The fraction of sp³-hybridized carbons (Fsp3) is 0.846. The van der Waals surface area contributed by atoms with Crippen LogP contribution in [0, 0.1) is 16.7 Å². The van der Waals surface area contributed by atoms with Gasteiger partial charge in [-0.15, -0.1) is 6.58 Å². The van der Waals surface area contributed by atoms with Crippen LogP contribution in [0.15, 0.2) is 12.7 Å². The van der Waals surface area contributed by atoms with E-state index in [1.807, 2.05) is 0 Å². The van der Waals surface area contributed by atoms with Crippen molar-refractivity contribution in [3.63, 3.8) is 0 Å². The lowest BCUT2D eigenvalue weighted by molar-refractivity contribution is -0.0132. The fourth-order valence-electron chi connectivity index (χ4n) is 3.42. The van der Waals surface area contributed by atoms with Crippen molar-refractivity contribution >= 4 is 0 Å². The molecule has 0 unspecified atom stereocenters. The molecule has 3 rings (SSSR count). The minimum absolute atomic E-state index is 0.552. The van der Waals surface area contributed by atoms with Crippen LogP contribution in [0.5, 0.6) is 0 Å². The predicted molar refractivity (Wildman–Crippen MR) is 57.6 cm³/mol. The average molecular weight is 178 g/mol. The second-order valence-electron chi connectivity index (χ2n) is 5.58. The van der Waals surface area contributed by atoms with Crippen LogP contribution in [0.25, 0.3) is 0 Å². The Bertz CT molecular complexity index is 188. The summed E-state index contributed by atoms with van der Waals surface area (Å²) >= 11 is 0. The van der Waals surface area contributed by atoms with Crippen LogP contribution in [0.4, 0.5) is 0 Å². The van der Waals surface area contributed by atoms with Crippen LogP contribution < -0.4 is 0 Å². The SMILES string of the molecule is C=CC12CCC(C(C)C)(CC1)CC2. The highest BCUT2D eigenvalue weighted by Gasteiger charge is 2.48. The van der Waals surface area contributed by atoms with Crippen LogP contribution >= 0.6 is 0 Å².